The molecule has 0 radical (unpaired) electrons. The monoisotopic (exact) mass is 568 g/mol. The van der Waals surface area contributed by atoms with E-state index in [9.17, 15) is 4.21 Å². The Morgan fingerprint density at radius 1 is 0.707 bits per heavy atom. The summed E-state index contributed by atoms with van der Waals surface area (Å²) >= 11 is 0. The van der Waals surface area contributed by atoms with Gasteiger partial charge in [-0.15, -0.1) is 0 Å². The molecule has 0 amide bonds. The Kier molecular flexibility index (Phi) is 9.04. The predicted octanol–water partition coefficient (Wildman–Crippen LogP) is 6.56. The van der Waals surface area contributed by atoms with Gasteiger partial charge in [0.1, 0.15) is 12.2 Å². The van der Waals surface area contributed by atoms with Crippen molar-refractivity contribution >= 4 is 10.8 Å². The standard InChI is InChI=1S/C35H36O5S/c1-25-12-11-19-29-32-30(24-41(36)35(25)29)33(38-21-27-15-7-3-8-16-27)34(39-22-28-17-9-4-10-18-28)31(40-32)23-37-20-26-13-5-2-6-14-26/h2-19,30-34H,20-24H2,1H3/t30-,31+,32+,33+,34+,41-/m0/s1. The minimum absolute atomic E-state index is 0.125. The van der Waals surface area contributed by atoms with Crippen molar-refractivity contribution in [2.24, 2.45) is 5.92 Å². The van der Waals surface area contributed by atoms with E-state index in [-0.39, 0.29) is 24.2 Å². The van der Waals surface area contributed by atoms with Gasteiger partial charge in [-0.1, -0.05) is 109 Å². The smallest absolute Gasteiger partial charge is 0.113 e. The van der Waals surface area contributed by atoms with Gasteiger partial charge in [0.15, 0.2) is 0 Å². The first-order valence-electron chi connectivity index (χ1n) is 14.2. The van der Waals surface area contributed by atoms with Crippen molar-refractivity contribution in [3.05, 3.63) is 137 Å². The summed E-state index contributed by atoms with van der Waals surface area (Å²) in [7, 11) is -1.16. The first-order valence-corrected chi connectivity index (χ1v) is 15.6. The Morgan fingerprint density at radius 2 is 1.27 bits per heavy atom. The second-order valence-electron chi connectivity index (χ2n) is 10.8. The molecule has 0 unspecified atom stereocenters. The van der Waals surface area contributed by atoms with Crippen molar-refractivity contribution in [1.82, 2.24) is 0 Å². The van der Waals surface area contributed by atoms with Gasteiger partial charge in [0.25, 0.3) is 0 Å². The minimum Gasteiger partial charge on any atom is -0.374 e. The van der Waals surface area contributed by atoms with Crippen LogP contribution < -0.4 is 0 Å². The zero-order chi connectivity index (χ0) is 28.0. The summed E-state index contributed by atoms with van der Waals surface area (Å²) < 4.78 is 40.1. The van der Waals surface area contributed by atoms with E-state index in [4.69, 9.17) is 18.9 Å². The normalized spacial score (nSPS) is 25.3. The fraction of sp³-hybridized carbons (Fsp3) is 0.314. The lowest BCUT2D eigenvalue weighted by Crippen LogP contribution is -2.57. The molecular weight excluding hydrogens is 532 g/mol. The van der Waals surface area contributed by atoms with Gasteiger partial charge in [-0.05, 0) is 34.7 Å². The molecule has 6 atom stereocenters. The molecule has 0 bridgehead atoms. The number of hydrogen-bond donors (Lipinski definition) is 0. The van der Waals surface area contributed by atoms with Gasteiger partial charge in [0.05, 0.1) is 49.4 Å². The second-order valence-corrected chi connectivity index (χ2v) is 12.2. The van der Waals surface area contributed by atoms with Crippen molar-refractivity contribution in [1.29, 1.82) is 0 Å². The van der Waals surface area contributed by atoms with E-state index in [1.54, 1.807) is 0 Å². The number of ether oxygens (including phenoxy) is 4. The van der Waals surface area contributed by atoms with Gasteiger partial charge in [-0.25, -0.2) is 0 Å². The molecule has 2 aliphatic rings. The molecule has 4 aromatic rings. The molecule has 0 spiro atoms. The molecule has 2 heterocycles. The molecule has 0 N–H and O–H groups in total. The van der Waals surface area contributed by atoms with Crippen molar-refractivity contribution < 1.29 is 23.2 Å². The average molecular weight is 569 g/mol. The lowest BCUT2D eigenvalue weighted by molar-refractivity contribution is -0.244. The number of hydrogen-bond acceptors (Lipinski definition) is 5. The largest absolute Gasteiger partial charge is 0.374 e. The van der Waals surface area contributed by atoms with Crippen molar-refractivity contribution in [2.75, 3.05) is 12.4 Å². The van der Waals surface area contributed by atoms with Crippen molar-refractivity contribution in [3.8, 4) is 0 Å². The lowest BCUT2D eigenvalue weighted by Gasteiger charge is -2.48. The maximum Gasteiger partial charge on any atom is 0.113 e. The maximum absolute atomic E-state index is 13.6. The van der Waals surface area contributed by atoms with E-state index < -0.39 is 16.9 Å². The van der Waals surface area contributed by atoms with Crippen LogP contribution in [0.4, 0.5) is 0 Å². The van der Waals surface area contributed by atoms with Crippen LogP contribution in [0.25, 0.3) is 0 Å². The highest BCUT2D eigenvalue weighted by atomic mass is 32.2. The summed E-state index contributed by atoms with van der Waals surface area (Å²) in [4.78, 5) is 0.892. The molecule has 6 rings (SSSR count). The molecule has 2 aliphatic heterocycles. The highest BCUT2D eigenvalue weighted by Gasteiger charge is 2.51. The van der Waals surface area contributed by atoms with Gasteiger partial charge in [-0.2, -0.15) is 0 Å². The summed E-state index contributed by atoms with van der Waals surface area (Å²) in [5.74, 6) is 0.338. The first kappa shape index (κ1) is 28.0. The van der Waals surface area contributed by atoms with E-state index in [0.717, 1.165) is 32.7 Å². The van der Waals surface area contributed by atoms with Gasteiger partial charge in [0, 0.05) is 16.6 Å². The SMILES string of the molecule is Cc1cccc2c1[S@@](=O)C[C@@H]1[C@@H](OCc3ccccc3)[C@H](OCc3ccccc3)[C@@H](COCc3ccccc3)O[C@H]21. The highest BCUT2D eigenvalue weighted by Crippen LogP contribution is 2.46. The summed E-state index contributed by atoms with van der Waals surface area (Å²) in [5, 5.41) is 0. The van der Waals surface area contributed by atoms with E-state index >= 15 is 0 Å². The Bertz CT molecular complexity index is 1430. The molecule has 5 nitrogen and oxygen atoms in total. The van der Waals surface area contributed by atoms with Crippen LogP contribution in [0.15, 0.2) is 114 Å². The third-order valence-electron chi connectivity index (χ3n) is 7.91. The second kappa shape index (κ2) is 13.2. The zero-order valence-corrected chi connectivity index (χ0v) is 24.1. The third-order valence-corrected chi connectivity index (χ3v) is 9.61. The lowest BCUT2D eigenvalue weighted by atomic mass is 9.83. The molecule has 1 fully saturated rings. The summed E-state index contributed by atoms with van der Waals surface area (Å²) in [6.45, 7) is 3.72. The molecule has 0 aromatic heterocycles. The Hall–Kier alpha value is -3.13. The van der Waals surface area contributed by atoms with Gasteiger partial charge in [-0.3, -0.25) is 4.21 Å². The van der Waals surface area contributed by atoms with E-state index in [1.165, 1.54) is 0 Å². The number of benzene rings is 4. The molecule has 0 saturated carbocycles. The molecule has 4 aromatic carbocycles. The summed E-state index contributed by atoms with van der Waals surface area (Å²) in [5.41, 5.74) is 5.29. The Labute approximate surface area is 244 Å². The molecule has 0 aliphatic carbocycles. The Morgan fingerprint density at radius 3 is 1.88 bits per heavy atom. The molecule has 1 saturated heterocycles. The van der Waals surface area contributed by atoms with Crippen molar-refractivity contribution in [3.63, 3.8) is 0 Å². The molecule has 6 heteroatoms. The van der Waals surface area contributed by atoms with Gasteiger partial charge in [0.2, 0.25) is 0 Å². The van der Waals surface area contributed by atoms with Crippen LogP contribution in [0.2, 0.25) is 0 Å². The van der Waals surface area contributed by atoms with Crippen LogP contribution in [0.3, 0.4) is 0 Å². The van der Waals surface area contributed by atoms with E-state index in [0.29, 0.717) is 32.2 Å². The molecular formula is C35H36O5S. The first-order chi connectivity index (χ1) is 20.2. The third kappa shape index (κ3) is 6.53. The van der Waals surface area contributed by atoms with Crippen LogP contribution in [-0.2, 0) is 49.6 Å². The minimum atomic E-state index is -1.16. The highest BCUT2D eigenvalue weighted by molar-refractivity contribution is 7.85. The molecule has 41 heavy (non-hydrogen) atoms. The maximum atomic E-state index is 13.6. The van der Waals surface area contributed by atoms with Crippen LogP contribution in [-0.4, -0.2) is 34.9 Å². The number of aryl methyl sites for hydroxylation is 1. The summed E-state index contributed by atoms with van der Waals surface area (Å²) in [6, 6.07) is 36.6. The van der Waals surface area contributed by atoms with E-state index in [1.807, 2.05) is 73.7 Å². The fourth-order valence-electron chi connectivity index (χ4n) is 5.90. The van der Waals surface area contributed by atoms with Gasteiger partial charge < -0.3 is 18.9 Å². The van der Waals surface area contributed by atoms with Crippen LogP contribution in [0.1, 0.15) is 33.9 Å². The molecule has 212 valence electrons. The van der Waals surface area contributed by atoms with Crippen molar-refractivity contribution in [2.45, 2.75) is 56.1 Å². The quantitative estimate of drug-likeness (QED) is 0.217. The Balaban J connectivity index is 1.32. The fourth-order valence-corrected chi connectivity index (χ4v) is 7.66. The predicted molar refractivity (Wildman–Crippen MR) is 160 cm³/mol. The van der Waals surface area contributed by atoms with Gasteiger partial charge >= 0.3 is 0 Å². The van der Waals surface area contributed by atoms with Crippen LogP contribution >= 0.6 is 0 Å². The summed E-state index contributed by atoms with van der Waals surface area (Å²) in [6.07, 6.45) is -1.37. The number of rotatable bonds is 10. The van der Waals surface area contributed by atoms with Crippen LogP contribution in [0, 0.1) is 12.8 Å². The number of fused-ring (bicyclic) bond motifs is 3. The topological polar surface area (TPSA) is 54.0 Å². The zero-order valence-electron chi connectivity index (χ0n) is 23.3. The van der Waals surface area contributed by atoms with Crippen LogP contribution in [0.5, 0.6) is 0 Å². The average Bonchev–Trinajstić information content (AvgIpc) is 3.01. The van der Waals surface area contributed by atoms with E-state index in [2.05, 4.69) is 42.5 Å².